The van der Waals surface area contributed by atoms with Crippen molar-refractivity contribution in [3.05, 3.63) is 47.5 Å². The number of benzene rings is 2. The highest BCUT2D eigenvalue weighted by atomic mass is 32.2. The van der Waals surface area contributed by atoms with Crippen LogP contribution in [0.25, 0.3) is 0 Å². The molecule has 0 bridgehead atoms. The monoisotopic (exact) mass is 404 g/mol. The Morgan fingerprint density at radius 3 is 2.56 bits per heavy atom. The molecule has 0 aliphatic carbocycles. The second-order valence-electron chi connectivity index (χ2n) is 6.49. The molecule has 2 aromatic carbocycles. The van der Waals surface area contributed by atoms with Crippen molar-refractivity contribution in [3.63, 3.8) is 0 Å². The minimum absolute atomic E-state index is 0.105. The van der Waals surface area contributed by atoms with E-state index in [0.29, 0.717) is 11.4 Å². The summed E-state index contributed by atoms with van der Waals surface area (Å²) in [5.74, 6) is -0.469. The zero-order chi connectivity index (χ0) is 19.6. The van der Waals surface area contributed by atoms with Crippen molar-refractivity contribution in [2.24, 2.45) is 0 Å². The van der Waals surface area contributed by atoms with E-state index < -0.39 is 9.84 Å². The van der Waals surface area contributed by atoms with Crippen molar-refractivity contribution in [2.45, 2.75) is 30.1 Å². The maximum atomic E-state index is 12.6. The number of sulfone groups is 1. The van der Waals surface area contributed by atoms with Gasteiger partial charge in [-0.2, -0.15) is 0 Å². The minimum Gasteiger partial charge on any atom is -0.326 e. The molecule has 2 aromatic rings. The van der Waals surface area contributed by atoms with Crippen LogP contribution in [-0.2, 0) is 19.4 Å². The second kappa shape index (κ2) is 7.74. The fourth-order valence-corrected chi connectivity index (χ4v) is 5.04. The van der Waals surface area contributed by atoms with E-state index in [1.807, 2.05) is 32.0 Å². The van der Waals surface area contributed by atoms with Gasteiger partial charge in [0.25, 0.3) is 0 Å². The molecule has 0 aromatic heterocycles. The fourth-order valence-electron chi connectivity index (χ4n) is 2.86. The molecule has 8 heteroatoms. The molecule has 0 fully saturated rings. The molecule has 1 heterocycles. The van der Waals surface area contributed by atoms with Crippen LogP contribution in [0.5, 0.6) is 0 Å². The Bertz CT molecular complexity index is 996. The molecule has 0 saturated heterocycles. The summed E-state index contributed by atoms with van der Waals surface area (Å²) in [5, 5.41) is 5.45. The van der Waals surface area contributed by atoms with E-state index in [4.69, 9.17) is 0 Å². The first-order chi connectivity index (χ1) is 12.7. The second-order valence-corrected chi connectivity index (χ2v) is 9.61. The van der Waals surface area contributed by atoms with Crippen molar-refractivity contribution in [1.29, 1.82) is 0 Å². The third-order valence-electron chi connectivity index (χ3n) is 4.05. The average molecular weight is 405 g/mol. The lowest BCUT2D eigenvalue weighted by atomic mass is 10.1. The Balaban J connectivity index is 1.66. The van der Waals surface area contributed by atoms with Gasteiger partial charge in [-0.1, -0.05) is 6.07 Å². The van der Waals surface area contributed by atoms with Gasteiger partial charge in [0.1, 0.15) is 0 Å². The zero-order valence-electron chi connectivity index (χ0n) is 15.0. The van der Waals surface area contributed by atoms with Crippen LogP contribution in [0.2, 0.25) is 0 Å². The van der Waals surface area contributed by atoms with Crippen LogP contribution in [-0.4, -0.2) is 31.7 Å². The first-order valence-corrected chi connectivity index (χ1v) is 11.0. The Kier molecular flexibility index (Phi) is 5.57. The molecule has 1 aliphatic heterocycles. The standard InChI is InChI=1S/C19H20N2O4S2/c1-12-7-13(2)9-14(8-12)20-18(22)5-6-27(24,25)15-3-4-16-17(10-15)26-11-19(23)21-16/h3-4,7-10H,5-6,11H2,1-2H3,(H,20,22)(H,21,23). The topological polar surface area (TPSA) is 92.3 Å². The predicted molar refractivity (Wildman–Crippen MR) is 107 cm³/mol. The Hall–Kier alpha value is -2.32. The number of anilines is 2. The first kappa shape index (κ1) is 19.4. The number of fused-ring (bicyclic) bond motifs is 1. The van der Waals surface area contributed by atoms with Crippen LogP contribution in [0.1, 0.15) is 17.5 Å². The number of thioether (sulfide) groups is 1. The van der Waals surface area contributed by atoms with Gasteiger partial charge in [0, 0.05) is 17.0 Å². The van der Waals surface area contributed by atoms with Gasteiger partial charge in [-0.3, -0.25) is 9.59 Å². The Morgan fingerprint density at radius 2 is 1.85 bits per heavy atom. The first-order valence-electron chi connectivity index (χ1n) is 8.40. The van der Waals surface area contributed by atoms with Gasteiger partial charge in [0.15, 0.2) is 9.84 Å². The van der Waals surface area contributed by atoms with Gasteiger partial charge in [0.05, 0.1) is 22.1 Å². The van der Waals surface area contributed by atoms with Gasteiger partial charge in [-0.15, -0.1) is 11.8 Å². The van der Waals surface area contributed by atoms with Crippen LogP contribution >= 0.6 is 11.8 Å². The minimum atomic E-state index is -3.60. The number of hydrogen-bond acceptors (Lipinski definition) is 5. The van der Waals surface area contributed by atoms with Crippen LogP contribution < -0.4 is 10.6 Å². The van der Waals surface area contributed by atoms with E-state index in [0.717, 1.165) is 16.0 Å². The van der Waals surface area contributed by atoms with E-state index >= 15 is 0 Å². The number of aryl methyl sites for hydroxylation is 2. The summed E-state index contributed by atoms with van der Waals surface area (Å²) in [6.07, 6.45) is -0.129. The molecule has 0 spiro atoms. The molecule has 0 saturated carbocycles. The smallest absolute Gasteiger partial charge is 0.234 e. The number of carbonyl (C=O) groups excluding carboxylic acids is 2. The van der Waals surface area contributed by atoms with Crippen molar-refractivity contribution in [2.75, 3.05) is 22.1 Å². The number of carbonyl (C=O) groups is 2. The van der Waals surface area contributed by atoms with Gasteiger partial charge >= 0.3 is 0 Å². The zero-order valence-corrected chi connectivity index (χ0v) is 16.7. The van der Waals surface area contributed by atoms with Crippen molar-refractivity contribution >= 4 is 44.8 Å². The highest BCUT2D eigenvalue weighted by Gasteiger charge is 2.21. The summed E-state index contributed by atoms with van der Waals surface area (Å²) in [6, 6.07) is 10.3. The molecule has 142 valence electrons. The van der Waals surface area contributed by atoms with Gasteiger partial charge in [-0.05, 0) is 55.3 Å². The lowest BCUT2D eigenvalue weighted by Crippen LogP contribution is -2.20. The van der Waals surface area contributed by atoms with E-state index in [1.165, 1.54) is 17.8 Å². The maximum Gasteiger partial charge on any atom is 0.234 e. The molecule has 6 nitrogen and oxygen atoms in total. The molecule has 0 unspecified atom stereocenters. The Labute approximate surface area is 162 Å². The quantitative estimate of drug-likeness (QED) is 0.799. The SMILES string of the molecule is Cc1cc(C)cc(NC(=O)CCS(=O)(=O)c2ccc3c(c2)SCC(=O)N3)c1. The normalized spacial score (nSPS) is 13.6. The summed E-state index contributed by atoms with van der Waals surface area (Å²) in [4.78, 5) is 24.4. The van der Waals surface area contributed by atoms with Crippen LogP contribution in [0, 0.1) is 13.8 Å². The largest absolute Gasteiger partial charge is 0.326 e. The van der Waals surface area contributed by atoms with Crippen LogP contribution in [0.3, 0.4) is 0 Å². The van der Waals surface area contributed by atoms with Gasteiger partial charge in [-0.25, -0.2) is 8.42 Å². The average Bonchev–Trinajstić information content (AvgIpc) is 2.58. The number of nitrogens with one attached hydrogen (secondary N) is 2. The molecule has 27 heavy (non-hydrogen) atoms. The van der Waals surface area contributed by atoms with E-state index in [1.54, 1.807) is 12.1 Å². The van der Waals surface area contributed by atoms with E-state index in [9.17, 15) is 18.0 Å². The van der Waals surface area contributed by atoms with E-state index in [-0.39, 0.29) is 34.6 Å². The molecule has 0 atom stereocenters. The number of amides is 2. The predicted octanol–water partition coefficient (Wildman–Crippen LogP) is 3.15. The van der Waals surface area contributed by atoms with Crippen LogP contribution in [0.4, 0.5) is 11.4 Å². The van der Waals surface area contributed by atoms with Gasteiger partial charge < -0.3 is 10.6 Å². The van der Waals surface area contributed by atoms with E-state index in [2.05, 4.69) is 10.6 Å². The summed E-state index contributed by atoms with van der Waals surface area (Å²) in [5.41, 5.74) is 3.33. The third kappa shape index (κ3) is 4.90. The fraction of sp³-hybridized carbons (Fsp3) is 0.263. The van der Waals surface area contributed by atoms with Crippen molar-refractivity contribution < 1.29 is 18.0 Å². The summed E-state index contributed by atoms with van der Waals surface area (Å²) in [6.45, 7) is 3.87. The summed E-state index contributed by atoms with van der Waals surface area (Å²) in [7, 11) is -3.60. The molecule has 1 aliphatic rings. The molecular formula is C19H20N2O4S2. The molecule has 2 N–H and O–H groups in total. The summed E-state index contributed by atoms with van der Waals surface area (Å²) >= 11 is 1.30. The van der Waals surface area contributed by atoms with Crippen LogP contribution in [0.15, 0.2) is 46.2 Å². The Morgan fingerprint density at radius 1 is 1.15 bits per heavy atom. The lowest BCUT2D eigenvalue weighted by Gasteiger charge is -2.17. The lowest BCUT2D eigenvalue weighted by molar-refractivity contribution is -0.116. The highest BCUT2D eigenvalue weighted by molar-refractivity contribution is 8.00. The molecular weight excluding hydrogens is 384 g/mol. The molecule has 3 rings (SSSR count). The maximum absolute atomic E-state index is 12.6. The summed E-state index contributed by atoms with van der Waals surface area (Å²) < 4.78 is 25.1. The highest BCUT2D eigenvalue weighted by Crippen LogP contribution is 2.33. The number of hydrogen-bond donors (Lipinski definition) is 2. The third-order valence-corrected chi connectivity index (χ3v) is 6.82. The van der Waals surface area contributed by atoms with Gasteiger partial charge in [0.2, 0.25) is 11.8 Å². The number of rotatable bonds is 5. The van der Waals surface area contributed by atoms with Crippen molar-refractivity contribution in [3.8, 4) is 0 Å². The van der Waals surface area contributed by atoms with Crippen molar-refractivity contribution in [1.82, 2.24) is 0 Å². The molecule has 0 radical (unpaired) electrons. The molecule has 2 amide bonds.